The molecule has 0 aromatic rings. The largest absolute Gasteiger partial charge is 0.314 e. The third kappa shape index (κ3) is 3.00. The Balaban J connectivity index is 1.77. The first kappa shape index (κ1) is 12.4. The van der Waals surface area contributed by atoms with Crippen LogP contribution in [0.4, 0.5) is 0 Å². The zero-order chi connectivity index (χ0) is 12.0. The molecule has 0 aromatic heterocycles. The van der Waals surface area contributed by atoms with Crippen molar-refractivity contribution in [1.29, 1.82) is 0 Å². The molecule has 0 heterocycles. The van der Waals surface area contributed by atoms with Crippen molar-refractivity contribution in [2.75, 3.05) is 6.54 Å². The molecule has 2 fully saturated rings. The highest BCUT2D eigenvalue weighted by Gasteiger charge is 2.45. The third-order valence-electron chi connectivity index (χ3n) is 4.76. The summed E-state index contributed by atoms with van der Waals surface area (Å²) >= 11 is 0. The smallest absolute Gasteiger partial charge is 0.00748 e. The fraction of sp³-hybridized carbons (Fsp3) is 1.00. The molecule has 3 atom stereocenters. The van der Waals surface area contributed by atoms with Crippen molar-refractivity contribution < 1.29 is 0 Å². The summed E-state index contributed by atoms with van der Waals surface area (Å²) < 4.78 is 0. The van der Waals surface area contributed by atoms with E-state index in [1.54, 1.807) is 0 Å². The maximum atomic E-state index is 3.83. The van der Waals surface area contributed by atoms with E-state index < -0.39 is 0 Å². The van der Waals surface area contributed by atoms with Gasteiger partial charge in [-0.1, -0.05) is 34.6 Å². The summed E-state index contributed by atoms with van der Waals surface area (Å²) in [6, 6.07) is 0.773. The summed E-state index contributed by atoms with van der Waals surface area (Å²) in [5, 5.41) is 3.83. The predicted octanol–water partition coefficient (Wildman–Crippen LogP) is 3.84. The van der Waals surface area contributed by atoms with Crippen LogP contribution in [0.3, 0.4) is 0 Å². The van der Waals surface area contributed by atoms with Gasteiger partial charge in [0.2, 0.25) is 0 Å². The zero-order valence-corrected chi connectivity index (χ0v) is 11.8. The molecule has 0 spiro atoms. The highest BCUT2D eigenvalue weighted by atomic mass is 14.9. The Kier molecular flexibility index (Phi) is 3.11. The van der Waals surface area contributed by atoms with Crippen molar-refractivity contribution in [3.8, 4) is 0 Å². The standard InChI is InChI=1S/C15H29N/c1-11-6-13(9-14(2,3)7-11)16-10-12-8-15(12,4)5/h11-13,16H,6-10H2,1-5H3. The van der Waals surface area contributed by atoms with Crippen LogP contribution in [0.2, 0.25) is 0 Å². The zero-order valence-electron chi connectivity index (χ0n) is 11.8. The van der Waals surface area contributed by atoms with Gasteiger partial charge in [-0.2, -0.15) is 0 Å². The van der Waals surface area contributed by atoms with Gasteiger partial charge in [0.1, 0.15) is 0 Å². The summed E-state index contributed by atoms with van der Waals surface area (Å²) in [5.74, 6) is 1.83. The van der Waals surface area contributed by atoms with Crippen LogP contribution >= 0.6 is 0 Å². The Morgan fingerprint density at radius 2 is 1.69 bits per heavy atom. The second-order valence-corrected chi connectivity index (χ2v) is 7.91. The molecule has 16 heavy (non-hydrogen) atoms. The van der Waals surface area contributed by atoms with Gasteiger partial charge in [-0.15, -0.1) is 0 Å². The SMILES string of the molecule is CC1CC(NCC2CC2(C)C)CC(C)(C)C1. The lowest BCUT2D eigenvalue weighted by Gasteiger charge is -2.39. The van der Waals surface area contributed by atoms with Crippen LogP contribution in [-0.2, 0) is 0 Å². The lowest BCUT2D eigenvalue weighted by atomic mass is 9.70. The van der Waals surface area contributed by atoms with Gasteiger partial charge in [-0.3, -0.25) is 0 Å². The lowest BCUT2D eigenvalue weighted by Crippen LogP contribution is -2.41. The van der Waals surface area contributed by atoms with Gasteiger partial charge in [0.15, 0.2) is 0 Å². The van der Waals surface area contributed by atoms with Crippen LogP contribution in [-0.4, -0.2) is 12.6 Å². The van der Waals surface area contributed by atoms with Crippen LogP contribution in [0.15, 0.2) is 0 Å². The number of rotatable bonds is 3. The van der Waals surface area contributed by atoms with E-state index in [0.717, 1.165) is 17.9 Å². The Morgan fingerprint density at radius 3 is 2.19 bits per heavy atom. The van der Waals surface area contributed by atoms with Crippen LogP contribution in [0, 0.1) is 22.7 Å². The van der Waals surface area contributed by atoms with Crippen molar-refractivity contribution in [2.45, 2.75) is 66.3 Å². The van der Waals surface area contributed by atoms with Crippen molar-refractivity contribution >= 4 is 0 Å². The molecule has 0 aromatic carbocycles. The summed E-state index contributed by atoms with van der Waals surface area (Å²) in [4.78, 5) is 0. The first-order valence-electron chi connectivity index (χ1n) is 7.02. The first-order valence-corrected chi connectivity index (χ1v) is 7.02. The molecule has 2 saturated carbocycles. The minimum Gasteiger partial charge on any atom is -0.314 e. The van der Waals surface area contributed by atoms with Gasteiger partial charge in [0.25, 0.3) is 0 Å². The fourth-order valence-electron chi connectivity index (χ4n) is 3.74. The Labute approximate surface area is 101 Å². The summed E-state index contributed by atoms with van der Waals surface area (Å²) in [5.41, 5.74) is 1.18. The molecule has 2 aliphatic carbocycles. The van der Waals surface area contributed by atoms with E-state index >= 15 is 0 Å². The van der Waals surface area contributed by atoms with Crippen LogP contribution in [0.1, 0.15) is 60.3 Å². The molecule has 94 valence electrons. The van der Waals surface area contributed by atoms with E-state index in [-0.39, 0.29) is 0 Å². The topological polar surface area (TPSA) is 12.0 Å². The summed E-state index contributed by atoms with van der Waals surface area (Å²) in [6.07, 6.45) is 5.58. The van der Waals surface area contributed by atoms with Gasteiger partial charge in [-0.25, -0.2) is 0 Å². The molecule has 1 N–H and O–H groups in total. The Bertz CT molecular complexity index is 254. The van der Waals surface area contributed by atoms with E-state index in [4.69, 9.17) is 0 Å². The fourth-order valence-corrected chi connectivity index (χ4v) is 3.74. The summed E-state index contributed by atoms with van der Waals surface area (Å²) in [7, 11) is 0. The maximum Gasteiger partial charge on any atom is 0.00748 e. The Hall–Kier alpha value is -0.0400. The average molecular weight is 223 g/mol. The highest BCUT2D eigenvalue weighted by Crippen LogP contribution is 2.51. The van der Waals surface area contributed by atoms with Gasteiger partial charge < -0.3 is 5.32 Å². The Morgan fingerprint density at radius 1 is 1.06 bits per heavy atom. The van der Waals surface area contributed by atoms with E-state index in [1.165, 1.54) is 32.2 Å². The normalized spacial score (nSPS) is 40.7. The van der Waals surface area contributed by atoms with Gasteiger partial charge in [0, 0.05) is 6.04 Å². The highest BCUT2D eigenvalue weighted by molar-refractivity contribution is 4.97. The molecular formula is C15H29N. The molecular weight excluding hydrogens is 194 g/mol. The average Bonchev–Trinajstić information content (AvgIpc) is 2.67. The molecule has 0 amide bonds. The molecule has 2 aliphatic rings. The van der Waals surface area contributed by atoms with E-state index in [2.05, 4.69) is 39.9 Å². The second kappa shape index (κ2) is 4.01. The lowest BCUT2D eigenvalue weighted by molar-refractivity contribution is 0.150. The first-order chi connectivity index (χ1) is 7.28. The molecule has 1 nitrogen and oxygen atoms in total. The number of hydrogen-bond donors (Lipinski definition) is 1. The van der Waals surface area contributed by atoms with Crippen LogP contribution in [0.25, 0.3) is 0 Å². The second-order valence-electron chi connectivity index (χ2n) is 7.91. The minimum atomic E-state index is 0.550. The van der Waals surface area contributed by atoms with Crippen molar-refractivity contribution in [3.63, 3.8) is 0 Å². The van der Waals surface area contributed by atoms with E-state index in [1.807, 2.05) is 0 Å². The molecule has 1 heteroatoms. The van der Waals surface area contributed by atoms with Crippen LogP contribution < -0.4 is 5.32 Å². The minimum absolute atomic E-state index is 0.550. The molecule has 0 radical (unpaired) electrons. The third-order valence-corrected chi connectivity index (χ3v) is 4.76. The molecule has 0 aliphatic heterocycles. The van der Waals surface area contributed by atoms with Crippen molar-refractivity contribution in [2.24, 2.45) is 22.7 Å². The quantitative estimate of drug-likeness (QED) is 0.766. The molecule has 0 saturated heterocycles. The summed E-state index contributed by atoms with van der Waals surface area (Å²) in [6.45, 7) is 13.3. The van der Waals surface area contributed by atoms with Gasteiger partial charge in [0.05, 0.1) is 0 Å². The number of hydrogen-bond acceptors (Lipinski definition) is 1. The molecule has 0 bridgehead atoms. The number of nitrogens with one attached hydrogen (secondary N) is 1. The van der Waals surface area contributed by atoms with E-state index in [0.29, 0.717) is 10.8 Å². The predicted molar refractivity (Wildman–Crippen MR) is 70.5 cm³/mol. The van der Waals surface area contributed by atoms with Crippen LogP contribution in [0.5, 0.6) is 0 Å². The molecule has 3 unspecified atom stereocenters. The van der Waals surface area contributed by atoms with E-state index in [9.17, 15) is 0 Å². The van der Waals surface area contributed by atoms with Gasteiger partial charge >= 0.3 is 0 Å². The van der Waals surface area contributed by atoms with Crippen molar-refractivity contribution in [1.82, 2.24) is 5.32 Å². The molecule has 2 rings (SSSR count). The van der Waals surface area contributed by atoms with Gasteiger partial charge in [-0.05, 0) is 54.9 Å². The van der Waals surface area contributed by atoms with Crippen molar-refractivity contribution in [3.05, 3.63) is 0 Å². The maximum absolute atomic E-state index is 3.83. The monoisotopic (exact) mass is 223 g/mol.